The van der Waals surface area contributed by atoms with Gasteiger partial charge < -0.3 is 9.88 Å². The zero-order valence-electron chi connectivity index (χ0n) is 10.3. The summed E-state index contributed by atoms with van der Waals surface area (Å²) in [5.74, 6) is 1.13. The first-order chi connectivity index (χ1) is 8.27. The summed E-state index contributed by atoms with van der Waals surface area (Å²) in [5.41, 5.74) is 3.08. The van der Waals surface area contributed by atoms with Crippen molar-refractivity contribution in [3.05, 3.63) is 34.3 Å². The van der Waals surface area contributed by atoms with Crippen molar-refractivity contribution in [2.24, 2.45) is 7.05 Å². The number of hydrogen-bond acceptors (Lipinski definition) is 4. The van der Waals surface area contributed by atoms with Crippen molar-refractivity contribution >= 4 is 11.3 Å². The lowest BCUT2D eigenvalue weighted by Crippen LogP contribution is -2.21. The molecule has 0 saturated heterocycles. The molecular weight excluding hydrogens is 232 g/mol. The molecule has 2 heterocycles. The van der Waals surface area contributed by atoms with E-state index in [2.05, 4.69) is 26.8 Å². The quantitative estimate of drug-likeness (QED) is 0.791. The van der Waals surface area contributed by atoms with Crippen LogP contribution >= 0.6 is 11.3 Å². The van der Waals surface area contributed by atoms with E-state index in [9.17, 15) is 0 Å². The number of aryl methyl sites for hydroxylation is 2. The monoisotopic (exact) mass is 250 g/mol. The summed E-state index contributed by atoms with van der Waals surface area (Å²) < 4.78 is 2.06. The first-order valence-corrected chi connectivity index (χ1v) is 6.71. The van der Waals surface area contributed by atoms with Crippen molar-refractivity contribution in [3.8, 4) is 0 Å². The topological polar surface area (TPSA) is 42.7 Å². The first-order valence-electron chi connectivity index (χ1n) is 5.83. The molecule has 2 aromatic heterocycles. The number of nitrogens with zero attached hydrogens (tertiary/aromatic N) is 3. The van der Waals surface area contributed by atoms with Gasteiger partial charge in [-0.05, 0) is 13.3 Å². The van der Waals surface area contributed by atoms with E-state index in [4.69, 9.17) is 0 Å². The number of nitrogens with one attached hydrogen (secondary N) is 1. The molecule has 0 aliphatic heterocycles. The van der Waals surface area contributed by atoms with E-state index in [0.717, 1.165) is 31.8 Å². The van der Waals surface area contributed by atoms with Gasteiger partial charge in [0.2, 0.25) is 0 Å². The molecule has 0 bridgehead atoms. The third-order valence-corrected chi connectivity index (χ3v) is 3.81. The molecule has 0 aliphatic carbocycles. The van der Waals surface area contributed by atoms with Crippen molar-refractivity contribution in [2.75, 3.05) is 13.1 Å². The van der Waals surface area contributed by atoms with Gasteiger partial charge >= 0.3 is 0 Å². The van der Waals surface area contributed by atoms with E-state index in [1.54, 1.807) is 11.3 Å². The molecular formula is C12H18N4S. The molecule has 92 valence electrons. The summed E-state index contributed by atoms with van der Waals surface area (Å²) >= 11 is 1.74. The maximum atomic E-state index is 4.29. The molecule has 0 unspecified atom stereocenters. The summed E-state index contributed by atoms with van der Waals surface area (Å²) in [5, 5.41) is 3.44. The second kappa shape index (κ2) is 5.93. The predicted octanol–water partition coefficient (Wildman–Crippen LogP) is 1.56. The molecule has 2 rings (SSSR count). The Bertz CT molecular complexity index is 418. The van der Waals surface area contributed by atoms with E-state index < -0.39 is 0 Å². The predicted molar refractivity (Wildman–Crippen MR) is 70.3 cm³/mol. The highest BCUT2D eigenvalue weighted by Gasteiger charge is 2.01. The van der Waals surface area contributed by atoms with Crippen LogP contribution in [-0.4, -0.2) is 27.6 Å². The molecule has 0 radical (unpaired) electrons. The molecule has 0 saturated carbocycles. The molecule has 4 nitrogen and oxygen atoms in total. The zero-order valence-corrected chi connectivity index (χ0v) is 11.1. The van der Waals surface area contributed by atoms with Gasteiger partial charge in [0, 0.05) is 43.8 Å². The van der Waals surface area contributed by atoms with Gasteiger partial charge in [-0.2, -0.15) is 0 Å². The number of hydrogen-bond donors (Lipinski definition) is 1. The molecule has 2 aromatic rings. The van der Waals surface area contributed by atoms with Crippen LogP contribution in [0, 0.1) is 6.92 Å². The molecule has 0 aliphatic rings. The minimum Gasteiger partial charge on any atom is -0.338 e. The Morgan fingerprint density at radius 3 is 2.76 bits per heavy atom. The largest absolute Gasteiger partial charge is 0.338 e. The lowest BCUT2D eigenvalue weighted by Gasteiger charge is -2.04. The third kappa shape index (κ3) is 3.38. The van der Waals surface area contributed by atoms with Crippen molar-refractivity contribution in [2.45, 2.75) is 19.8 Å². The van der Waals surface area contributed by atoms with Gasteiger partial charge in [0.15, 0.2) is 0 Å². The van der Waals surface area contributed by atoms with Crippen LogP contribution in [0.2, 0.25) is 0 Å². The smallest absolute Gasteiger partial charge is 0.109 e. The van der Waals surface area contributed by atoms with Crippen molar-refractivity contribution in [1.29, 1.82) is 0 Å². The maximum absolute atomic E-state index is 4.29. The minimum atomic E-state index is 0.975. The van der Waals surface area contributed by atoms with Gasteiger partial charge in [0.1, 0.15) is 5.82 Å². The fourth-order valence-electron chi connectivity index (χ4n) is 1.73. The van der Waals surface area contributed by atoms with E-state index in [1.165, 1.54) is 10.6 Å². The van der Waals surface area contributed by atoms with E-state index >= 15 is 0 Å². The lowest BCUT2D eigenvalue weighted by molar-refractivity contribution is 0.654. The molecule has 0 aromatic carbocycles. The van der Waals surface area contributed by atoms with Crippen LogP contribution in [0.4, 0.5) is 0 Å². The summed E-state index contributed by atoms with van der Waals surface area (Å²) in [6, 6.07) is 0. The Kier molecular flexibility index (Phi) is 4.28. The van der Waals surface area contributed by atoms with Crippen molar-refractivity contribution < 1.29 is 0 Å². The van der Waals surface area contributed by atoms with Crippen molar-refractivity contribution in [1.82, 2.24) is 19.9 Å². The van der Waals surface area contributed by atoms with Gasteiger partial charge in [-0.3, -0.25) is 0 Å². The van der Waals surface area contributed by atoms with Gasteiger partial charge in [-0.1, -0.05) is 0 Å². The fourth-order valence-corrected chi connectivity index (χ4v) is 2.51. The number of imidazole rings is 1. The highest BCUT2D eigenvalue weighted by molar-refractivity contribution is 7.09. The van der Waals surface area contributed by atoms with Gasteiger partial charge in [0.05, 0.1) is 11.2 Å². The molecule has 0 atom stereocenters. The Labute approximate surface area is 106 Å². The van der Waals surface area contributed by atoms with E-state index in [1.807, 2.05) is 25.0 Å². The zero-order chi connectivity index (χ0) is 12.1. The number of aromatic nitrogens is 3. The second-order valence-electron chi connectivity index (χ2n) is 4.07. The van der Waals surface area contributed by atoms with E-state index in [-0.39, 0.29) is 0 Å². The maximum Gasteiger partial charge on any atom is 0.109 e. The normalized spacial score (nSPS) is 10.9. The molecule has 17 heavy (non-hydrogen) atoms. The Balaban J connectivity index is 1.64. The number of rotatable bonds is 6. The van der Waals surface area contributed by atoms with Gasteiger partial charge in [0.25, 0.3) is 0 Å². The summed E-state index contributed by atoms with van der Waals surface area (Å²) in [7, 11) is 2.03. The summed E-state index contributed by atoms with van der Waals surface area (Å²) in [4.78, 5) is 9.92. The van der Waals surface area contributed by atoms with Crippen LogP contribution < -0.4 is 5.32 Å². The SMILES string of the molecule is Cc1ncsc1CCNCCc1nccn1C. The Hall–Kier alpha value is -1.20. The number of thiazole rings is 1. The molecule has 0 fully saturated rings. The lowest BCUT2D eigenvalue weighted by atomic mass is 10.3. The van der Waals surface area contributed by atoms with Crippen LogP contribution in [0.15, 0.2) is 17.9 Å². The highest BCUT2D eigenvalue weighted by atomic mass is 32.1. The third-order valence-electron chi connectivity index (χ3n) is 2.82. The molecule has 0 spiro atoms. The minimum absolute atomic E-state index is 0.975. The standard InChI is InChI=1S/C12H18N4S/c1-10-11(17-9-15-10)3-5-13-6-4-12-14-7-8-16(12)2/h7-9,13H,3-6H2,1-2H3. The Morgan fingerprint density at radius 1 is 1.29 bits per heavy atom. The van der Waals surface area contributed by atoms with Crippen LogP contribution in [0.1, 0.15) is 16.4 Å². The van der Waals surface area contributed by atoms with Gasteiger partial charge in [-0.25, -0.2) is 9.97 Å². The molecule has 1 N–H and O–H groups in total. The van der Waals surface area contributed by atoms with Crippen LogP contribution in [0.3, 0.4) is 0 Å². The average molecular weight is 250 g/mol. The Morgan fingerprint density at radius 2 is 2.12 bits per heavy atom. The molecule has 0 amide bonds. The highest BCUT2D eigenvalue weighted by Crippen LogP contribution is 2.11. The van der Waals surface area contributed by atoms with Crippen LogP contribution in [-0.2, 0) is 19.9 Å². The summed E-state index contributed by atoms with van der Waals surface area (Å²) in [6.07, 6.45) is 5.87. The first kappa shape index (κ1) is 12.3. The van der Waals surface area contributed by atoms with Gasteiger partial charge in [-0.15, -0.1) is 11.3 Å². The fraction of sp³-hybridized carbons (Fsp3) is 0.500. The van der Waals surface area contributed by atoms with E-state index in [0.29, 0.717) is 0 Å². The average Bonchev–Trinajstić information content (AvgIpc) is 2.89. The second-order valence-corrected chi connectivity index (χ2v) is 5.00. The van der Waals surface area contributed by atoms with Crippen LogP contribution in [0.5, 0.6) is 0 Å². The van der Waals surface area contributed by atoms with Crippen LogP contribution in [0.25, 0.3) is 0 Å². The summed E-state index contributed by atoms with van der Waals surface area (Å²) in [6.45, 7) is 4.05. The molecule has 5 heteroatoms. The van der Waals surface area contributed by atoms with Crippen molar-refractivity contribution in [3.63, 3.8) is 0 Å².